The van der Waals surface area contributed by atoms with Crippen molar-refractivity contribution >= 4 is 76.7 Å². The molecular weight excluding hydrogens is 987 g/mol. The van der Waals surface area contributed by atoms with Gasteiger partial charge >= 0.3 is 0 Å². The number of rotatable bonds is 12. The van der Waals surface area contributed by atoms with Gasteiger partial charge in [-0.25, -0.2) is 26.8 Å². The van der Waals surface area contributed by atoms with Crippen LogP contribution in [-0.2, 0) is 24.8 Å². The molecule has 0 spiro atoms. The molecule has 0 unspecified atom stereocenters. The van der Waals surface area contributed by atoms with Crippen LogP contribution in [0, 0.1) is 44.6 Å². The zero-order valence-corrected chi connectivity index (χ0v) is 41.5. The van der Waals surface area contributed by atoms with Gasteiger partial charge in [0.2, 0.25) is 20.0 Å². The molecule has 1 amide bonds. The number of hydrogen-bond donors (Lipinski definition) is 2. The Labute approximate surface area is 418 Å². The minimum absolute atomic E-state index is 0.109. The van der Waals surface area contributed by atoms with Crippen LogP contribution in [0.5, 0.6) is 5.75 Å². The Hall–Kier alpha value is -7.76. The van der Waals surface area contributed by atoms with Gasteiger partial charge in [0.05, 0.1) is 21.2 Å². The zero-order chi connectivity index (χ0) is 51.1. The summed E-state index contributed by atoms with van der Waals surface area (Å²) in [6, 6.07) is 24.8. The summed E-state index contributed by atoms with van der Waals surface area (Å²) in [4.78, 5) is 39.2. The second kappa shape index (κ2) is 24.2. The Balaban J connectivity index is 0.000000193. The van der Waals surface area contributed by atoms with Crippen LogP contribution in [0.2, 0.25) is 0 Å². The number of piperazine rings is 1. The first-order valence-electron chi connectivity index (χ1n) is 21.4. The average molecular weight is 1030 g/mol. The van der Waals surface area contributed by atoms with Crippen LogP contribution in [0.1, 0.15) is 34.3 Å². The predicted molar refractivity (Wildman–Crippen MR) is 274 cm³/mol. The second-order valence-electron chi connectivity index (χ2n) is 15.5. The van der Waals surface area contributed by atoms with E-state index in [2.05, 4.69) is 52.0 Å². The number of sulfonamides is 2. The molecule has 2 saturated heterocycles. The molecule has 6 aromatic rings. The molecule has 24 heteroatoms. The molecule has 0 saturated carbocycles. The predicted octanol–water partition coefficient (Wildman–Crippen LogP) is 9.11. The quantitative estimate of drug-likeness (QED) is 0.0383. The molecule has 0 atom stereocenters. The van der Waals surface area contributed by atoms with Crippen molar-refractivity contribution < 1.29 is 31.2 Å². The van der Waals surface area contributed by atoms with Crippen LogP contribution in [0.4, 0.5) is 21.6 Å². The molecule has 20 nitrogen and oxygen atoms in total. The van der Waals surface area contributed by atoms with Crippen molar-refractivity contribution in [2.75, 3.05) is 50.3 Å². The molecule has 364 valence electrons. The number of anilines is 2. The first kappa shape index (κ1) is 52.6. The van der Waals surface area contributed by atoms with E-state index in [9.17, 15) is 26.4 Å². The first-order chi connectivity index (χ1) is 34.1. The lowest BCUT2D eigenvalue weighted by molar-refractivity contribution is -0.120. The van der Waals surface area contributed by atoms with Gasteiger partial charge in [0.15, 0.2) is 10.3 Å². The summed E-state index contributed by atoms with van der Waals surface area (Å²) in [5, 5.41) is 14.6. The fraction of sp³-hybridized carbons (Fsp3) is 0.234. The highest BCUT2D eigenvalue weighted by Crippen LogP contribution is 2.32. The van der Waals surface area contributed by atoms with E-state index in [1.807, 2.05) is 37.4 Å². The first-order valence-corrected chi connectivity index (χ1v) is 26.0. The molecule has 2 fully saturated rings. The normalized spacial score (nSPS) is 14.1. The number of aromatic nitrogens is 2. The van der Waals surface area contributed by atoms with Crippen LogP contribution in [0.3, 0.4) is 0 Å². The van der Waals surface area contributed by atoms with E-state index in [0.29, 0.717) is 97.2 Å². The standard InChI is InChI=1S/C24H22N6O3S2.C13H14N2O4S.C10H9N5S/c1-3-17-10-12-30(13-11-17)35(32,33)20-8-5-18(6-9-20)23(31)27-24-26-22(15-34-24)21-14-19(28-29-25)7-4-16(21)2;1-2-14-7-9-15(10-8-14)20(17,18)13-5-3-12(4-6-13)19-11-16;1-6-2-3-7(14-15-12)4-8(6)9-5-16-10(11)13-9/h1,4-9,14-15,17H,10-13H2,2H3,(H,26,27,31);1,3-6,11H,7-10H2;2-5H,1H3,(H2,11,13). The van der Waals surface area contributed by atoms with Crippen LogP contribution in [0.25, 0.3) is 43.4 Å². The van der Waals surface area contributed by atoms with Gasteiger partial charge in [-0.05, 0) is 110 Å². The number of benzene rings is 4. The number of terminal acetylenes is 2. The largest absolute Gasteiger partial charge is 0.429 e. The smallest absolute Gasteiger partial charge is 0.298 e. The molecule has 0 aliphatic carbocycles. The summed E-state index contributed by atoms with van der Waals surface area (Å²) in [6.07, 6.45) is 12.0. The van der Waals surface area contributed by atoms with Crippen LogP contribution in [-0.4, -0.2) is 92.0 Å². The Morgan fingerprint density at radius 1 is 0.775 bits per heavy atom. The molecule has 0 radical (unpaired) electrons. The van der Waals surface area contributed by atoms with E-state index in [0.717, 1.165) is 27.9 Å². The highest BCUT2D eigenvalue weighted by atomic mass is 32.2. The van der Waals surface area contributed by atoms with Gasteiger partial charge in [0, 0.05) is 99.9 Å². The van der Waals surface area contributed by atoms with E-state index in [4.69, 9.17) is 29.6 Å². The summed E-state index contributed by atoms with van der Waals surface area (Å²) >= 11 is 2.65. The number of hydrogen-bond acceptors (Lipinski definition) is 15. The van der Waals surface area contributed by atoms with Gasteiger partial charge in [-0.1, -0.05) is 40.9 Å². The maximum Gasteiger partial charge on any atom is 0.298 e. The number of carbonyl (C=O) groups is 2. The minimum Gasteiger partial charge on any atom is -0.429 e. The van der Waals surface area contributed by atoms with Crippen molar-refractivity contribution in [2.45, 2.75) is 36.5 Å². The zero-order valence-electron chi connectivity index (χ0n) is 38.2. The molecule has 8 rings (SSSR count). The van der Waals surface area contributed by atoms with Gasteiger partial charge in [-0.2, -0.15) is 8.61 Å². The topological polar surface area (TPSA) is 283 Å². The third-order valence-electron chi connectivity index (χ3n) is 11.1. The Kier molecular flexibility index (Phi) is 17.9. The monoisotopic (exact) mass is 1030 g/mol. The summed E-state index contributed by atoms with van der Waals surface area (Å²) in [6.45, 7) is 6.71. The molecule has 4 aromatic carbocycles. The van der Waals surface area contributed by atoms with Crippen LogP contribution < -0.4 is 15.8 Å². The summed E-state index contributed by atoms with van der Waals surface area (Å²) in [7, 11) is -7.17. The second-order valence-corrected chi connectivity index (χ2v) is 21.1. The molecule has 2 aliphatic heterocycles. The van der Waals surface area contributed by atoms with Crippen LogP contribution in [0.15, 0.2) is 116 Å². The number of amides is 1. The van der Waals surface area contributed by atoms with E-state index in [1.54, 1.807) is 28.5 Å². The number of nitrogens with zero attached hydrogens (tertiary/aromatic N) is 11. The number of nitrogens with one attached hydrogen (secondary N) is 1. The lowest BCUT2D eigenvalue weighted by Crippen LogP contribution is -2.46. The highest BCUT2D eigenvalue weighted by Gasteiger charge is 2.30. The maximum atomic E-state index is 12.9. The lowest BCUT2D eigenvalue weighted by atomic mass is 10.00. The molecular formula is C47H45N13O7S4. The van der Waals surface area contributed by atoms with E-state index < -0.39 is 26.0 Å². The SMILES string of the molecule is C#CC1CCN(S(=O)(=O)c2ccc(C(=O)Nc3nc(-c4cc(N=[N+]=[N-])ccc4C)cs3)cc2)CC1.C#CN1CCN(S(=O)(=O)c2ccc(OC=O)cc2)CC1.Cc1ccc(N=[N+]=[N-])cc1-c1csc(N)n1. The fourth-order valence-corrected chi connectivity index (χ4v) is 11.3. The molecule has 0 bridgehead atoms. The number of aryl methyl sites for hydroxylation is 2. The van der Waals surface area contributed by atoms with E-state index >= 15 is 0 Å². The number of thiazole rings is 2. The van der Waals surface area contributed by atoms with E-state index in [1.165, 1.54) is 79.8 Å². The number of carbonyl (C=O) groups excluding carboxylic acids is 2. The van der Waals surface area contributed by atoms with E-state index in [-0.39, 0.29) is 15.7 Å². The number of nitrogen functional groups attached to an aromatic ring is 1. The van der Waals surface area contributed by atoms with Crippen molar-refractivity contribution in [3.63, 3.8) is 0 Å². The van der Waals surface area contributed by atoms with Crippen molar-refractivity contribution in [3.05, 3.63) is 133 Å². The van der Waals surface area contributed by atoms with Crippen molar-refractivity contribution in [2.24, 2.45) is 16.1 Å². The fourth-order valence-electron chi connectivity index (χ4n) is 7.18. The third-order valence-corrected chi connectivity index (χ3v) is 16.3. The maximum absolute atomic E-state index is 12.9. The van der Waals surface area contributed by atoms with Crippen molar-refractivity contribution in [3.8, 4) is 53.1 Å². The van der Waals surface area contributed by atoms with Gasteiger partial charge in [0.1, 0.15) is 5.75 Å². The average Bonchev–Trinajstić information content (AvgIpc) is 4.04. The van der Waals surface area contributed by atoms with Gasteiger partial charge < -0.3 is 15.4 Å². The number of nitrogens with two attached hydrogens (primary N) is 1. The number of ether oxygens (including phenoxy) is 1. The summed E-state index contributed by atoms with van der Waals surface area (Å²) in [5.74, 6) is 2.70. The van der Waals surface area contributed by atoms with Crippen molar-refractivity contribution in [1.29, 1.82) is 0 Å². The van der Waals surface area contributed by atoms with Gasteiger partial charge in [0.25, 0.3) is 12.4 Å². The van der Waals surface area contributed by atoms with Crippen LogP contribution >= 0.6 is 22.7 Å². The highest BCUT2D eigenvalue weighted by molar-refractivity contribution is 7.89. The van der Waals surface area contributed by atoms with Crippen molar-refractivity contribution in [1.82, 2.24) is 23.5 Å². The third kappa shape index (κ3) is 13.5. The Bertz CT molecular complexity index is 3280. The minimum atomic E-state index is -3.64. The van der Waals surface area contributed by atoms with Gasteiger partial charge in [-0.3, -0.25) is 14.9 Å². The Morgan fingerprint density at radius 3 is 1.76 bits per heavy atom. The number of piperidine rings is 1. The lowest BCUT2D eigenvalue weighted by Gasteiger charge is -2.31. The summed E-state index contributed by atoms with van der Waals surface area (Å²) in [5.41, 5.74) is 29.2. The van der Waals surface area contributed by atoms with Gasteiger partial charge in [-0.15, -0.1) is 35.0 Å². The molecule has 2 aliphatic rings. The molecule has 4 heterocycles. The molecule has 3 N–H and O–H groups in total. The summed E-state index contributed by atoms with van der Waals surface area (Å²) < 4.78 is 58.1. The molecule has 2 aromatic heterocycles. The Morgan fingerprint density at radius 2 is 1.28 bits per heavy atom. The molecule has 71 heavy (non-hydrogen) atoms. The number of azide groups is 2.